The Balaban J connectivity index is 1.29. The van der Waals surface area contributed by atoms with Gasteiger partial charge in [0.2, 0.25) is 5.91 Å². The van der Waals surface area contributed by atoms with E-state index in [-0.39, 0.29) is 17.8 Å². The van der Waals surface area contributed by atoms with Crippen molar-refractivity contribution >= 4 is 17.8 Å². The molecule has 2 aromatic heterocycles. The highest BCUT2D eigenvalue weighted by atomic mass is 19.1. The third kappa shape index (κ3) is 5.05. The summed E-state index contributed by atoms with van der Waals surface area (Å²) in [7, 11) is 0. The van der Waals surface area contributed by atoms with Crippen molar-refractivity contribution in [2.24, 2.45) is 0 Å². The average Bonchev–Trinajstić information content (AvgIpc) is 2.79. The lowest BCUT2D eigenvalue weighted by Crippen LogP contribution is -2.44. The number of amides is 1. The summed E-state index contributed by atoms with van der Waals surface area (Å²) in [6.07, 6.45) is 8.38. The maximum Gasteiger partial charge on any atom is 0.244 e. The quantitative estimate of drug-likeness (QED) is 0.661. The summed E-state index contributed by atoms with van der Waals surface area (Å²) < 4.78 is 13.4. The number of pyridine rings is 1. The molecule has 1 aliphatic heterocycles. The van der Waals surface area contributed by atoms with Gasteiger partial charge in [0.25, 0.3) is 0 Å². The molecule has 3 aromatic rings. The molecule has 6 nitrogen and oxygen atoms in total. The van der Waals surface area contributed by atoms with Gasteiger partial charge in [-0.05, 0) is 54.8 Å². The first-order valence-electron chi connectivity index (χ1n) is 9.90. The zero-order valence-electron chi connectivity index (χ0n) is 16.4. The summed E-state index contributed by atoms with van der Waals surface area (Å²) in [5, 5.41) is 11.6. The molecule has 4 rings (SSSR count). The monoisotopic (exact) mass is 403 g/mol. The Bertz CT molecular complexity index is 1020. The zero-order chi connectivity index (χ0) is 20.8. The normalized spacial score (nSPS) is 14.8. The van der Waals surface area contributed by atoms with Crippen LogP contribution in [0.25, 0.3) is 17.3 Å². The molecular weight excluding hydrogens is 381 g/mol. The van der Waals surface area contributed by atoms with Crippen LogP contribution in [-0.4, -0.2) is 40.2 Å². The minimum absolute atomic E-state index is 0.100. The van der Waals surface area contributed by atoms with E-state index in [0.717, 1.165) is 37.3 Å². The van der Waals surface area contributed by atoms with Gasteiger partial charge < -0.3 is 10.2 Å². The number of anilines is 1. The summed E-state index contributed by atoms with van der Waals surface area (Å²) >= 11 is 0. The highest BCUT2D eigenvalue weighted by molar-refractivity contribution is 5.91. The molecule has 0 spiro atoms. The van der Waals surface area contributed by atoms with Crippen molar-refractivity contribution in [3.05, 3.63) is 78.4 Å². The largest absolute Gasteiger partial charge is 0.355 e. The SMILES string of the molecule is O=C(/C=C/c1cccnc1)NC1CCN(c2ccc(-c3cccc(F)c3)nn2)CC1. The fourth-order valence-electron chi connectivity index (χ4n) is 3.44. The molecule has 1 N–H and O–H groups in total. The number of hydrogen-bond donors (Lipinski definition) is 1. The highest BCUT2D eigenvalue weighted by Crippen LogP contribution is 2.21. The fourth-order valence-corrected chi connectivity index (χ4v) is 3.44. The molecule has 0 atom stereocenters. The molecule has 152 valence electrons. The maximum absolute atomic E-state index is 13.4. The Hall–Kier alpha value is -3.61. The number of aromatic nitrogens is 3. The summed E-state index contributed by atoms with van der Waals surface area (Å²) in [5.74, 6) is 0.394. The van der Waals surface area contributed by atoms with Crippen LogP contribution >= 0.6 is 0 Å². The van der Waals surface area contributed by atoms with Gasteiger partial charge >= 0.3 is 0 Å². The van der Waals surface area contributed by atoms with Gasteiger partial charge in [-0.15, -0.1) is 10.2 Å². The van der Waals surface area contributed by atoms with Gasteiger partial charge in [-0.25, -0.2) is 4.39 Å². The second-order valence-electron chi connectivity index (χ2n) is 7.18. The van der Waals surface area contributed by atoms with Gasteiger partial charge in [0.05, 0.1) is 5.69 Å². The van der Waals surface area contributed by atoms with Gasteiger partial charge in [-0.3, -0.25) is 9.78 Å². The lowest BCUT2D eigenvalue weighted by Gasteiger charge is -2.32. The molecule has 0 radical (unpaired) electrons. The van der Waals surface area contributed by atoms with E-state index in [9.17, 15) is 9.18 Å². The first-order chi connectivity index (χ1) is 14.7. The standard InChI is InChI=1S/C23H22FN5O/c24-19-5-1-4-18(15-19)21-7-8-22(28-27-21)29-13-10-20(11-14-29)26-23(30)9-6-17-3-2-12-25-16-17/h1-9,12,15-16,20H,10-11,13-14H2,(H,26,30)/b9-6+. The molecule has 1 fully saturated rings. The van der Waals surface area contributed by atoms with E-state index in [1.54, 1.807) is 30.6 Å². The molecule has 7 heteroatoms. The van der Waals surface area contributed by atoms with Crippen molar-refractivity contribution in [3.63, 3.8) is 0 Å². The van der Waals surface area contributed by atoms with E-state index in [1.807, 2.05) is 30.3 Å². The third-order valence-electron chi connectivity index (χ3n) is 5.05. The maximum atomic E-state index is 13.4. The average molecular weight is 403 g/mol. The van der Waals surface area contributed by atoms with Crippen molar-refractivity contribution in [3.8, 4) is 11.3 Å². The number of halogens is 1. The Morgan fingerprint density at radius 1 is 1.10 bits per heavy atom. The van der Waals surface area contributed by atoms with Crippen LogP contribution in [0.5, 0.6) is 0 Å². The minimum atomic E-state index is -0.294. The Kier molecular flexibility index (Phi) is 6.08. The molecule has 0 unspecified atom stereocenters. The molecule has 0 bridgehead atoms. The van der Waals surface area contributed by atoms with Crippen molar-refractivity contribution < 1.29 is 9.18 Å². The van der Waals surface area contributed by atoms with Crippen molar-refractivity contribution in [1.29, 1.82) is 0 Å². The number of piperidine rings is 1. The molecule has 1 amide bonds. The minimum Gasteiger partial charge on any atom is -0.355 e. The summed E-state index contributed by atoms with van der Waals surface area (Å²) in [6.45, 7) is 1.57. The number of rotatable bonds is 5. The zero-order valence-corrected chi connectivity index (χ0v) is 16.4. The Labute approximate surface area is 174 Å². The van der Waals surface area contributed by atoms with Crippen LogP contribution in [0.4, 0.5) is 10.2 Å². The summed E-state index contributed by atoms with van der Waals surface area (Å²) in [4.78, 5) is 18.3. The first-order valence-corrected chi connectivity index (χ1v) is 9.90. The number of nitrogens with zero attached hydrogens (tertiary/aromatic N) is 4. The van der Waals surface area contributed by atoms with Crippen LogP contribution in [0.1, 0.15) is 18.4 Å². The Morgan fingerprint density at radius 3 is 2.67 bits per heavy atom. The molecule has 1 aliphatic rings. The molecule has 0 aliphatic carbocycles. The van der Waals surface area contributed by atoms with Crippen LogP contribution in [-0.2, 0) is 4.79 Å². The number of nitrogens with one attached hydrogen (secondary N) is 1. The van der Waals surface area contributed by atoms with Gasteiger partial charge in [0.15, 0.2) is 5.82 Å². The van der Waals surface area contributed by atoms with E-state index in [4.69, 9.17) is 0 Å². The predicted molar refractivity (Wildman–Crippen MR) is 114 cm³/mol. The van der Waals surface area contributed by atoms with Crippen molar-refractivity contribution in [2.45, 2.75) is 18.9 Å². The van der Waals surface area contributed by atoms with Gasteiger partial charge in [0.1, 0.15) is 5.82 Å². The second kappa shape index (κ2) is 9.26. The summed E-state index contributed by atoms with van der Waals surface area (Å²) in [6, 6.07) is 13.9. The predicted octanol–water partition coefficient (Wildman–Crippen LogP) is 3.48. The lowest BCUT2D eigenvalue weighted by atomic mass is 10.0. The van der Waals surface area contributed by atoms with E-state index in [0.29, 0.717) is 11.3 Å². The number of carbonyl (C=O) groups is 1. The van der Waals surface area contributed by atoms with Crippen LogP contribution in [0.2, 0.25) is 0 Å². The van der Waals surface area contributed by atoms with Gasteiger partial charge in [-0.2, -0.15) is 0 Å². The smallest absolute Gasteiger partial charge is 0.244 e. The summed E-state index contributed by atoms with van der Waals surface area (Å²) in [5.41, 5.74) is 2.23. The van der Waals surface area contributed by atoms with E-state index >= 15 is 0 Å². The van der Waals surface area contributed by atoms with Crippen molar-refractivity contribution in [1.82, 2.24) is 20.5 Å². The van der Waals surface area contributed by atoms with Gasteiger partial charge in [-0.1, -0.05) is 18.2 Å². The van der Waals surface area contributed by atoms with Crippen LogP contribution in [0.3, 0.4) is 0 Å². The number of carbonyl (C=O) groups excluding carboxylic acids is 1. The lowest BCUT2D eigenvalue weighted by molar-refractivity contribution is -0.117. The number of hydrogen-bond acceptors (Lipinski definition) is 5. The van der Waals surface area contributed by atoms with Crippen molar-refractivity contribution in [2.75, 3.05) is 18.0 Å². The molecule has 1 saturated heterocycles. The van der Waals surface area contributed by atoms with E-state index in [2.05, 4.69) is 25.4 Å². The molecule has 1 aromatic carbocycles. The number of benzene rings is 1. The molecule has 3 heterocycles. The first kappa shape index (κ1) is 19.7. The van der Waals surface area contributed by atoms with Crippen LogP contribution < -0.4 is 10.2 Å². The molecule has 30 heavy (non-hydrogen) atoms. The topological polar surface area (TPSA) is 71.0 Å². The van der Waals surface area contributed by atoms with Gasteiger partial charge in [0, 0.05) is 43.2 Å². The van der Waals surface area contributed by atoms with Crippen LogP contribution in [0, 0.1) is 5.82 Å². The second-order valence-corrected chi connectivity index (χ2v) is 7.18. The van der Waals surface area contributed by atoms with E-state index < -0.39 is 0 Å². The Morgan fingerprint density at radius 2 is 1.97 bits per heavy atom. The highest BCUT2D eigenvalue weighted by Gasteiger charge is 2.21. The molecular formula is C23H22FN5O. The molecule has 0 saturated carbocycles. The van der Waals surface area contributed by atoms with E-state index in [1.165, 1.54) is 12.1 Å². The third-order valence-corrected chi connectivity index (χ3v) is 5.05. The fraction of sp³-hybridized carbons (Fsp3) is 0.217. The van der Waals surface area contributed by atoms with Crippen LogP contribution in [0.15, 0.2) is 67.0 Å².